The largest absolute Gasteiger partial charge is 0.485 e. The van der Waals surface area contributed by atoms with Gasteiger partial charge in [0.2, 0.25) is 0 Å². The zero-order chi connectivity index (χ0) is 28.8. The maximum Gasteiger partial charge on any atom is 0.273 e. The molecule has 9 nitrogen and oxygen atoms in total. The highest BCUT2D eigenvalue weighted by Crippen LogP contribution is 2.37. The zero-order valence-electron chi connectivity index (χ0n) is 22.5. The van der Waals surface area contributed by atoms with E-state index in [0.717, 1.165) is 5.57 Å². The highest BCUT2D eigenvalue weighted by molar-refractivity contribution is 6.31. The van der Waals surface area contributed by atoms with E-state index in [-0.39, 0.29) is 24.2 Å². The molecule has 3 aromatic heterocycles. The van der Waals surface area contributed by atoms with E-state index in [0.29, 0.717) is 43.1 Å². The number of aliphatic hydroxyl groups is 1. The molecule has 0 saturated heterocycles. The quantitative estimate of drug-likeness (QED) is 0.495. The smallest absolute Gasteiger partial charge is 0.273 e. The molecule has 5 rings (SSSR count). The summed E-state index contributed by atoms with van der Waals surface area (Å²) in [5, 5.41) is 13.3. The number of hydrogen-bond acceptors (Lipinski definition) is 8. The number of ether oxygens (including phenoxy) is 2. The van der Waals surface area contributed by atoms with Crippen LogP contribution in [0.4, 0.5) is 8.78 Å². The summed E-state index contributed by atoms with van der Waals surface area (Å²) < 4.78 is 56.6. The maximum absolute atomic E-state index is 14.3. The SMILES string of the molecule is [2H]C([2H])(Oc1cc2n(c(=O)c1Cl)C1C[C@H](c3ccnc(C(C)(C)O)n3)NC=C1CCOC2)c1ncc(F)cc1F. The van der Waals surface area contributed by atoms with E-state index < -0.39 is 46.1 Å². The van der Waals surface area contributed by atoms with Gasteiger partial charge in [0.05, 0.1) is 45.6 Å². The number of pyridine rings is 2. The lowest BCUT2D eigenvalue weighted by Gasteiger charge is -2.35. The van der Waals surface area contributed by atoms with E-state index in [1.54, 1.807) is 26.1 Å². The Kier molecular flexibility index (Phi) is 6.48. The summed E-state index contributed by atoms with van der Waals surface area (Å²) in [6, 6.07) is 2.82. The molecule has 12 heteroatoms. The molecular formula is C26H26ClF2N5O4. The fourth-order valence-corrected chi connectivity index (χ4v) is 4.62. The van der Waals surface area contributed by atoms with Crippen molar-refractivity contribution in [1.82, 2.24) is 24.8 Å². The average molecular weight is 548 g/mol. The Morgan fingerprint density at radius 3 is 2.95 bits per heavy atom. The van der Waals surface area contributed by atoms with Gasteiger partial charge in [-0.3, -0.25) is 9.78 Å². The Morgan fingerprint density at radius 1 is 1.37 bits per heavy atom. The second-order valence-electron chi connectivity index (χ2n) is 9.53. The number of aromatic nitrogens is 4. The molecule has 0 saturated carbocycles. The summed E-state index contributed by atoms with van der Waals surface area (Å²) in [6.45, 7) is 0.684. The van der Waals surface area contributed by atoms with Crippen LogP contribution in [-0.2, 0) is 23.5 Å². The predicted octanol–water partition coefficient (Wildman–Crippen LogP) is 3.85. The van der Waals surface area contributed by atoms with Gasteiger partial charge in [-0.2, -0.15) is 0 Å². The van der Waals surface area contributed by atoms with Crippen molar-refractivity contribution in [1.29, 1.82) is 0 Å². The van der Waals surface area contributed by atoms with Gasteiger partial charge in [0, 0.05) is 18.3 Å². The summed E-state index contributed by atoms with van der Waals surface area (Å²) in [7, 11) is 0. The molecule has 2 atom stereocenters. The van der Waals surface area contributed by atoms with Crippen LogP contribution in [0, 0.1) is 11.6 Å². The number of halogens is 3. The van der Waals surface area contributed by atoms with Crippen molar-refractivity contribution in [3.63, 3.8) is 0 Å². The van der Waals surface area contributed by atoms with Crippen molar-refractivity contribution in [2.75, 3.05) is 6.61 Å². The Morgan fingerprint density at radius 2 is 2.18 bits per heavy atom. The van der Waals surface area contributed by atoms with Crippen LogP contribution < -0.4 is 15.6 Å². The van der Waals surface area contributed by atoms with E-state index in [9.17, 15) is 18.7 Å². The van der Waals surface area contributed by atoms with Gasteiger partial charge in [0.15, 0.2) is 11.6 Å². The Labute approximate surface area is 224 Å². The van der Waals surface area contributed by atoms with Gasteiger partial charge in [0.25, 0.3) is 5.56 Å². The average Bonchev–Trinajstić information content (AvgIpc) is 2.87. The monoisotopic (exact) mass is 547 g/mol. The van der Waals surface area contributed by atoms with Gasteiger partial charge in [0.1, 0.15) is 34.4 Å². The normalized spacial score (nSPS) is 20.5. The van der Waals surface area contributed by atoms with E-state index in [1.807, 2.05) is 6.20 Å². The lowest BCUT2D eigenvalue weighted by Crippen LogP contribution is -2.37. The van der Waals surface area contributed by atoms with E-state index in [1.165, 1.54) is 10.6 Å². The molecule has 3 aromatic rings. The van der Waals surface area contributed by atoms with Crippen LogP contribution in [0.25, 0.3) is 0 Å². The molecule has 0 amide bonds. The lowest BCUT2D eigenvalue weighted by molar-refractivity contribution is 0.0682. The number of nitrogens with one attached hydrogen (secondary N) is 1. The van der Waals surface area contributed by atoms with Gasteiger partial charge in [-0.15, -0.1) is 0 Å². The highest BCUT2D eigenvalue weighted by Gasteiger charge is 2.32. The molecule has 38 heavy (non-hydrogen) atoms. The summed E-state index contributed by atoms with van der Waals surface area (Å²) >= 11 is 6.41. The third-order valence-corrected chi connectivity index (χ3v) is 6.68. The van der Waals surface area contributed by atoms with Crippen molar-refractivity contribution in [3.8, 4) is 5.75 Å². The molecule has 0 aliphatic carbocycles. The second kappa shape index (κ2) is 10.4. The number of rotatable bonds is 5. The summed E-state index contributed by atoms with van der Waals surface area (Å²) in [5.41, 5.74) is -0.816. The van der Waals surface area contributed by atoms with Crippen LogP contribution in [0.15, 0.2) is 47.2 Å². The number of nitrogens with zero attached hydrogens (tertiary/aromatic N) is 4. The Bertz CT molecular complexity index is 1550. The molecule has 0 bridgehead atoms. The van der Waals surface area contributed by atoms with Crippen LogP contribution in [0.1, 0.15) is 64.4 Å². The van der Waals surface area contributed by atoms with Gasteiger partial charge in [-0.25, -0.2) is 18.7 Å². The molecule has 1 unspecified atom stereocenters. The lowest BCUT2D eigenvalue weighted by atomic mass is 9.91. The third kappa shape index (κ3) is 5.27. The molecule has 2 N–H and O–H groups in total. The van der Waals surface area contributed by atoms with Gasteiger partial charge < -0.3 is 24.5 Å². The van der Waals surface area contributed by atoms with Gasteiger partial charge in [-0.05, 0) is 44.5 Å². The van der Waals surface area contributed by atoms with E-state index >= 15 is 0 Å². The number of fused-ring (bicyclic) bond motifs is 3. The summed E-state index contributed by atoms with van der Waals surface area (Å²) in [6.07, 6.45) is 4.99. The molecule has 2 aliphatic rings. The minimum absolute atomic E-state index is 0.00710. The van der Waals surface area contributed by atoms with Crippen molar-refractivity contribution in [2.24, 2.45) is 0 Å². The van der Waals surface area contributed by atoms with Gasteiger partial charge >= 0.3 is 0 Å². The minimum atomic E-state index is -2.87. The predicted molar refractivity (Wildman–Crippen MR) is 133 cm³/mol. The second-order valence-corrected chi connectivity index (χ2v) is 9.91. The zero-order valence-corrected chi connectivity index (χ0v) is 21.3. The van der Waals surface area contributed by atoms with Crippen molar-refractivity contribution >= 4 is 11.6 Å². The first-order chi connectivity index (χ1) is 18.8. The molecule has 2 aliphatic heterocycles. The van der Waals surface area contributed by atoms with Crippen LogP contribution >= 0.6 is 11.6 Å². The van der Waals surface area contributed by atoms with E-state index in [4.69, 9.17) is 23.8 Å². The van der Waals surface area contributed by atoms with Gasteiger partial charge in [-0.1, -0.05) is 11.6 Å². The van der Waals surface area contributed by atoms with E-state index in [2.05, 4.69) is 20.3 Å². The fraction of sp³-hybridized carbons (Fsp3) is 0.385. The first kappa shape index (κ1) is 23.7. The molecular weight excluding hydrogens is 520 g/mol. The van der Waals surface area contributed by atoms with Crippen LogP contribution in [-0.4, -0.2) is 31.2 Å². The van der Waals surface area contributed by atoms with Crippen molar-refractivity contribution < 1.29 is 26.1 Å². The molecule has 0 spiro atoms. The van der Waals surface area contributed by atoms with Crippen LogP contribution in [0.5, 0.6) is 5.75 Å². The maximum atomic E-state index is 14.3. The topological polar surface area (TPSA) is 111 Å². The summed E-state index contributed by atoms with van der Waals surface area (Å²) in [4.78, 5) is 25.8. The first-order valence-corrected chi connectivity index (χ1v) is 12.3. The van der Waals surface area contributed by atoms with Crippen molar-refractivity contribution in [2.45, 2.75) is 57.5 Å². The standard InChI is InChI=1S/C26H26ClF2N5O4/c1-26(2,36)25-30-5-3-18(33-25)19-9-21-14(10-31-19)4-6-37-12-16-8-22(23(27)24(35)34(16)21)38-13-20-17(29)7-15(28)11-32-20/h3,5,7-8,10-11,19,21,31,36H,4,6,9,12-13H2,1-2H3/t19-,21?/m1/s1/i13D2. The number of hydrogen-bond donors (Lipinski definition) is 2. The van der Waals surface area contributed by atoms with Crippen LogP contribution in [0.2, 0.25) is 5.02 Å². The molecule has 200 valence electrons. The van der Waals surface area contributed by atoms with Crippen LogP contribution in [0.3, 0.4) is 0 Å². The Balaban J connectivity index is 1.52. The minimum Gasteiger partial charge on any atom is -0.485 e. The highest BCUT2D eigenvalue weighted by atomic mass is 35.5. The fourth-order valence-electron chi connectivity index (χ4n) is 4.44. The summed E-state index contributed by atoms with van der Waals surface area (Å²) in [5.74, 6) is -2.30. The third-order valence-electron chi connectivity index (χ3n) is 6.33. The molecule has 0 fully saturated rings. The Hall–Kier alpha value is -3.41. The first-order valence-electron chi connectivity index (χ1n) is 12.9. The molecule has 0 aromatic carbocycles. The molecule has 0 radical (unpaired) electrons. The molecule has 5 heterocycles. The van der Waals surface area contributed by atoms with Crippen molar-refractivity contribution in [3.05, 3.63) is 92.3 Å².